The summed E-state index contributed by atoms with van der Waals surface area (Å²) in [5, 5.41) is 17.1. The lowest BCUT2D eigenvalue weighted by Crippen LogP contribution is -2.42. The predicted octanol–water partition coefficient (Wildman–Crippen LogP) is 2.84. The van der Waals surface area contributed by atoms with E-state index in [0.29, 0.717) is 13.0 Å². The molecule has 4 heteroatoms. The van der Waals surface area contributed by atoms with Crippen LogP contribution in [0.2, 0.25) is 0 Å². The van der Waals surface area contributed by atoms with Crippen LogP contribution in [0.3, 0.4) is 0 Å². The molecule has 0 aliphatic heterocycles. The van der Waals surface area contributed by atoms with Crippen molar-refractivity contribution >= 4 is 16.8 Å². The minimum absolute atomic E-state index is 0.0330. The average Bonchev–Trinajstić information content (AvgIpc) is 2.54. The van der Waals surface area contributed by atoms with Crippen molar-refractivity contribution in [1.29, 1.82) is 0 Å². The van der Waals surface area contributed by atoms with Crippen molar-refractivity contribution in [3.8, 4) is 0 Å². The largest absolute Gasteiger partial charge is 0.396 e. The molecule has 3 N–H and O–H groups in total. The number of carbonyl (C=O) groups excluding carboxylic acids is 1. The molecule has 118 valence electrons. The van der Waals surface area contributed by atoms with E-state index in [1.165, 1.54) is 16.3 Å². The smallest absolute Gasteiger partial charge is 0.315 e. The van der Waals surface area contributed by atoms with Gasteiger partial charge in [0.05, 0.1) is 0 Å². The van der Waals surface area contributed by atoms with Crippen LogP contribution < -0.4 is 10.6 Å². The molecule has 0 saturated heterocycles. The summed E-state index contributed by atoms with van der Waals surface area (Å²) in [4.78, 5) is 11.8. The molecule has 22 heavy (non-hydrogen) atoms. The lowest BCUT2D eigenvalue weighted by atomic mass is 10.1. The molecule has 2 aromatic rings. The Kier molecular flexibility index (Phi) is 6.22. The van der Waals surface area contributed by atoms with Crippen LogP contribution in [-0.4, -0.2) is 30.3 Å². The number of aliphatic hydroxyl groups excluding tert-OH is 1. The lowest BCUT2D eigenvalue weighted by molar-refractivity contribution is 0.228. The average molecular weight is 300 g/mol. The third-order valence-corrected chi connectivity index (χ3v) is 3.82. The van der Waals surface area contributed by atoms with Gasteiger partial charge in [-0.05, 0) is 35.6 Å². The molecule has 1 atom stereocenters. The first kappa shape index (κ1) is 16.3. The standard InChI is InChI=1S/C18H24N2O2/c1-2-17(10-12-21)20-18(22)19-11-9-14-7-8-15-5-3-4-6-16(15)13-14/h3-8,13,17,21H,2,9-12H2,1H3,(H2,19,20,22). The maximum absolute atomic E-state index is 11.8. The van der Waals surface area contributed by atoms with Crippen LogP contribution in [-0.2, 0) is 6.42 Å². The Balaban J connectivity index is 1.80. The predicted molar refractivity (Wildman–Crippen MR) is 90.0 cm³/mol. The molecule has 2 rings (SSSR count). The molecule has 0 fully saturated rings. The van der Waals surface area contributed by atoms with Gasteiger partial charge in [-0.1, -0.05) is 49.4 Å². The Hall–Kier alpha value is -2.07. The van der Waals surface area contributed by atoms with Crippen molar-refractivity contribution in [2.45, 2.75) is 32.2 Å². The second-order valence-electron chi connectivity index (χ2n) is 5.45. The van der Waals surface area contributed by atoms with Gasteiger partial charge in [0.15, 0.2) is 0 Å². The number of aliphatic hydroxyl groups is 1. The zero-order valence-electron chi connectivity index (χ0n) is 13.0. The monoisotopic (exact) mass is 300 g/mol. The van der Waals surface area contributed by atoms with Gasteiger partial charge in [-0.2, -0.15) is 0 Å². The molecular formula is C18H24N2O2. The van der Waals surface area contributed by atoms with E-state index < -0.39 is 0 Å². The fraction of sp³-hybridized carbons (Fsp3) is 0.389. The van der Waals surface area contributed by atoms with Crippen LogP contribution in [0.1, 0.15) is 25.3 Å². The van der Waals surface area contributed by atoms with Crippen molar-refractivity contribution in [3.63, 3.8) is 0 Å². The summed E-state index contributed by atoms with van der Waals surface area (Å²) >= 11 is 0. The highest BCUT2D eigenvalue weighted by molar-refractivity contribution is 5.83. The van der Waals surface area contributed by atoms with E-state index in [0.717, 1.165) is 12.8 Å². The Labute approximate surface area is 131 Å². The molecule has 0 radical (unpaired) electrons. The van der Waals surface area contributed by atoms with E-state index >= 15 is 0 Å². The maximum Gasteiger partial charge on any atom is 0.315 e. The van der Waals surface area contributed by atoms with Gasteiger partial charge in [0.25, 0.3) is 0 Å². The highest BCUT2D eigenvalue weighted by atomic mass is 16.3. The lowest BCUT2D eigenvalue weighted by Gasteiger charge is -2.16. The van der Waals surface area contributed by atoms with Crippen LogP contribution in [0.15, 0.2) is 42.5 Å². The van der Waals surface area contributed by atoms with Crippen molar-refractivity contribution in [2.75, 3.05) is 13.2 Å². The Morgan fingerprint density at radius 1 is 1.18 bits per heavy atom. The molecule has 4 nitrogen and oxygen atoms in total. The summed E-state index contributed by atoms with van der Waals surface area (Å²) < 4.78 is 0. The number of rotatable bonds is 7. The summed E-state index contributed by atoms with van der Waals surface area (Å²) in [6, 6.07) is 14.5. The first-order chi connectivity index (χ1) is 10.7. The molecule has 0 saturated carbocycles. The first-order valence-electron chi connectivity index (χ1n) is 7.86. The van der Waals surface area contributed by atoms with E-state index in [2.05, 4.69) is 41.0 Å². The van der Waals surface area contributed by atoms with Crippen LogP contribution in [0.4, 0.5) is 4.79 Å². The van der Waals surface area contributed by atoms with Crippen molar-refractivity contribution in [3.05, 3.63) is 48.0 Å². The maximum atomic E-state index is 11.8. The molecule has 0 aliphatic carbocycles. The highest BCUT2D eigenvalue weighted by Gasteiger charge is 2.08. The van der Waals surface area contributed by atoms with Gasteiger partial charge in [0, 0.05) is 19.2 Å². The van der Waals surface area contributed by atoms with Crippen LogP contribution in [0, 0.1) is 0 Å². The third kappa shape index (κ3) is 4.74. The van der Waals surface area contributed by atoms with Gasteiger partial charge >= 0.3 is 6.03 Å². The highest BCUT2D eigenvalue weighted by Crippen LogP contribution is 2.15. The number of benzene rings is 2. The van der Waals surface area contributed by atoms with E-state index in [9.17, 15) is 4.79 Å². The van der Waals surface area contributed by atoms with Gasteiger partial charge in [-0.3, -0.25) is 0 Å². The van der Waals surface area contributed by atoms with Gasteiger partial charge < -0.3 is 15.7 Å². The van der Waals surface area contributed by atoms with E-state index in [-0.39, 0.29) is 18.7 Å². The number of amides is 2. The molecule has 0 aliphatic rings. The van der Waals surface area contributed by atoms with Gasteiger partial charge in [0.1, 0.15) is 0 Å². The second-order valence-corrected chi connectivity index (χ2v) is 5.45. The third-order valence-electron chi connectivity index (χ3n) is 3.82. The molecule has 0 spiro atoms. The normalized spacial score (nSPS) is 12.1. The van der Waals surface area contributed by atoms with Gasteiger partial charge in [-0.25, -0.2) is 4.79 Å². The molecular weight excluding hydrogens is 276 g/mol. The van der Waals surface area contributed by atoms with E-state index in [4.69, 9.17) is 5.11 Å². The topological polar surface area (TPSA) is 61.4 Å². The summed E-state index contributed by atoms with van der Waals surface area (Å²) in [6.07, 6.45) is 2.21. The molecule has 2 aromatic carbocycles. The van der Waals surface area contributed by atoms with Crippen molar-refractivity contribution in [1.82, 2.24) is 10.6 Å². The second kappa shape index (κ2) is 8.39. The molecule has 0 bridgehead atoms. The molecule has 2 amide bonds. The van der Waals surface area contributed by atoms with E-state index in [1.807, 2.05) is 19.1 Å². The number of nitrogens with one attached hydrogen (secondary N) is 2. The zero-order chi connectivity index (χ0) is 15.8. The minimum Gasteiger partial charge on any atom is -0.396 e. The minimum atomic E-state index is -0.166. The van der Waals surface area contributed by atoms with Crippen LogP contribution >= 0.6 is 0 Å². The zero-order valence-corrected chi connectivity index (χ0v) is 13.0. The quantitative estimate of drug-likeness (QED) is 0.736. The van der Waals surface area contributed by atoms with Crippen molar-refractivity contribution < 1.29 is 9.90 Å². The Morgan fingerprint density at radius 2 is 1.95 bits per heavy atom. The fourth-order valence-electron chi connectivity index (χ4n) is 2.49. The number of hydrogen-bond acceptors (Lipinski definition) is 2. The fourth-order valence-corrected chi connectivity index (χ4v) is 2.49. The van der Waals surface area contributed by atoms with Gasteiger partial charge in [-0.15, -0.1) is 0 Å². The van der Waals surface area contributed by atoms with E-state index in [1.54, 1.807) is 0 Å². The molecule has 0 heterocycles. The summed E-state index contributed by atoms with van der Waals surface area (Å²) in [5.41, 5.74) is 1.21. The molecule has 1 unspecified atom stereocenters. The number of carbonyl (C=O) groups is 1. The SMILES string of the molecule is CCC(CCO)NC(=O)NCCc1ccc2ccccc2c1. The Bertz CT molecular complexity index is 613. The van der Waals surface area contributed by atoms with Crippen LogP contribution in [0.5, 0.6) is 0 Å². The Morgan fingerprint density at radius 3 is 2.68 bits per heavy atom. The number of urea groups is 1. The van der Waals surface area contributed by atoms with Gasteiger partial charge in [0.2, 0.25) is 0 Å². The molecule has 0 aromatic heterocycles. The van der Waals surface area contributed by atoms with Crippen LogP contribution in [0.25, 0.3) is 10.8 Å². The number of hydrogen-bond donors (Lipinski definition) is 3. The summed E-state index contributed by atoms with van der Waals surface area (Å²) in [7, 11) is 0. The number of fused-ring (bicyclic) bond motifs is 1. The first-order valence-corrected chi connectivity index (χ1v) is 7.86. The van der Waals surface area contributed by atoms with Crippen molar-refractivity contribution in [2.24, 2.45) is 0 Å². The summed E-state index contributed by atoms with van der Waals surface area (Å²) in [6.45, 7) is 2.69. The summed E-state index contributed by atoms with van der Waals surface area (Å²) in [5.74, 6) is 0.